The number of anilines is 2. The van der Waals surface area contributed by atoms with Gasteiger partial charge in [0.2, 0.25) is 0 Å². The molecule has 0 bridgehead atoms. The molecule has 98 valence electrons. The number of ether oxygens (including phenoxy) is 1. The van der Waals surface area contributed by atoms with Crippen molar-refractivity contribution in [1.82, 2.24) is 0 Å². The van der Waals surface area contributed by atoms with Gasteiger partial charge in [0, 0.05) is 13.1 Å². The number of aliphatic hydroxyl groups excluding tert-OH is 1. The van der Waals surface area contributed by atoms with Crippen molar-refractivity contribution in [3.63, 3.8) is 0 Å². The first-order valence-corrected chi connectivity index (χ1v) is 6.12. The summed E-state index contributed by atoms with van der Waals surface area (Å²) in [7, 11) is 0. The Morgan fingerprint density at radius 1 is 1.61 bits per heavy atom. The first-order chi connectivity index (χ1) is 8.63. The number of aliphatic hydroxyl groups is 1. The van der Waals surface area contributed by atoms with Crippen LogP contribution in [0.4, 0.5) is 11.4 Å². The van der Waals surface area contributed by atoms with Gasteiger partial charge in [-0.15, -0.1) is 0 Å². The monoisotopic (exact) mass is 250 g/mol. The van der Waals surface area contributed by atoms with Crippen LogP contribution in [0.3, 0.4) is 0 Å². The molecule has 0 amide bonds. The van der Waals surface area contributed by atoms with E-state index in [1.165, 1.54) is 0 Å². The van der Waals surface area contributed by atoms with E-state index in [9.17, 15) is 9.90 Å². The molecule has 3 N–H and O–H groups in total. The van der Waals surface area contributed by atoms with Crippen molar-refractivity contribution in [3.05, 3.63) is 23.8 Å². The zero-order chi connectivity index (χ0) is 13.1. The largest absolute Gasteiger partial charge is 0.462 e. The van der Waals surface area contributed by atoms with E-state index in [2.05, 4.69) is 0 Å². The molecule has 1 aromatic carbocycles. The van der Waals surface area contributed by atoms with Crippen LogP contribution in [0.1, 0.15) is 23.7 Å². The van der Waals surface area contributed by atoms with E-state index in [-0.39, 0.29) is 6.10 Å². The van der Waals surface area contributed by atoms with E-state index >= 15 is 0 Å². The number of rotatable bonds is 3. The maximum Gasteiger partial charge on any atom is 0.340 e. The highest BCUT2D eigenvalue weighted by Crippen LogP contribution is 2.29. The summed E-state index contributed by atoms with van der Waals surface area (Å²) in [6.07, 6.45) is 0.402. The smallest absolute Gasteiger partial charge is 0.340 e. The molecule has 0 aliphatic carbocycles. The van der Waals surface area contributed by atoms with Gasteiger partial charge in [0.15, 0.2) is 0 Å². The Hall–Kier alpha value is -1.75. The van der Waals surface area contributed by atoms with E-state index < -0.39 is 5.97 Å². The summed E-state index contributed by atoms with van der Waals surface area (Å²) in [5.74, 6) is -0.406. The zero-order valence-electron chi connectivity index (χ0n) is 10.4. The number of carbonyl (C=O) groups is 1. The van der Waals surface area contributed by atoms with E-state index in [0.29, 0.717) is 24.4 Å². The second-order valence-corrected chi connectivity index (χ2v) is 4.35. The minimum atomic E-state index is -0.406. The van der Waals surface area contributed by atoms with Crippen LogP contribution in [0, 0.1) is 0 Å². The maximum absolute atomic E-state index is 11.7. The molecular weight excluding hydrogens is 232 g/mol. The van der Waals surface area contributed by atoms with Crippen LogP contribution in [0.2, 0.25) is 0 Å². The van der Waals surface area contributed by atoms with Crippen molar-refractivity contribution in [2.45, 2.75) is 19.4 Å². The first-order valence-electron chi connectivity index (χ1n) is 6.12. The minimum Gasteiger partial charge on any atom is -0.462 e. The van der Waals surface area contributed by atoms with Crippen LogP contribution in [-0.4, -0.2) is 36.9 Å². The van der Waals surface area contributed by atoms with Crippen molar-refractivity contribution < 1.29 is 14.6 Å². The van der Waals surface area contributed by atoms with Crippen molar-refractivity contribution >= 4 is 17.3 Å². The number of nitrogen functional groups attached to an aromatic ring is 1. The Bertz CT molecular complexity index is 448. The lowest BCUT2D eigenvalue weighted by molar-refractivity contribution is 0.0527. The van der Waals surface area contributed by atoms with Crippen LogP contribution in [0.5, 0.6) is 0 Å². The third kappa shape index (κ3) is 2.41. The van der Waals surface area contributed by atoms with Gasteiger partial charge >= 0.3 is 5.97 Å². The number of nitrogens with zero attached hydrogens (tertiary/aromatic N) is 1. The van der Waals surface area contributed by atoms with Crippen molar-refractivity contribution in [3.8, 4) is 0 Å². The number of nitrogens with two attached hydrogens (primary N) is 1. The lowest BCUT2D eigenvalue weighted by atomic mass is 10.1. The average Bonchev–Trinajstić information content (AvgIpc) is 2.76. The number of esters is 1. The van der Waals surface area contributed by atoms with Crippen molar-refractivity contribution in [2.24, 2.45) is 0 Å². The van der Waals surface area contributed by atoms with Gasteiger partial charge in [0.05, 0.1) is 29.6 Å². The molecule has 18 heavy (non-hydrogen) atoms. The number of para-hydroxylation sites is 1. The number of hydrogen-bond donors (Lipinski definition) is 2. The normalized spacial score (nSPS) is 19.0. The molecule has 1 saturated heterocycles. The quantitative estimate of drug-likeness (QED) is 0.618. The van der Waals surface area contributed by atoms with Gasteiger partial charge in [-0.25, -0.2) is 4.79 Å². The summed E-state index contributed by atoms with van der Waals surface area (Å²) >= 11 is 0. The number of carbonyl (C=O) groups excluding carboxylic acids is 1. The number of hydrogen-bond acceptors (Lipinski definition) is 5. The third-order valence-electron chi connectivity index (χ3n) is 3.08. The highest BCUT2D eigenvalue weighted by atomic mass is 16.5. The molecule has 1 atom stereocenters. The topological polar surface area (TPSA) is 75.8 Å². The van der Waals surface area contributed by atoms with Crippen LogP contribution >= 0.6 is 0 Å². The Labute approximate surface area is 106 Å². The molecular formula is C13H18N2O3. The van der Waals surface area contributed by atoms with Crippen LogP contribution in [0.15, 0.2) is 18.2 Å². The molecule has 5 heteroatoms. The highest BCUT2D eigenvalue weighted by Gasteiger charge is 2.23. The lowest BCUT2D eigenvalue weighted by Gasteiger charge is -2.21. The SMILES string of the molecule is CCOC(=O)c1cccc(N2CCC(O)C2)c1N. The number of β-amino-alcohol motifs (C(OH)–C–C–N with tert-alkyl or cyclic N) is 1. The fourth-order valence-electron chi connectivity index (χ4n) is 2.18. The van der Waals surface area contributed by atoms with Gasteiger partial charge in [-0.3, -0.25) is 0 Å². The van der Waals surface area contributed by atoms with Gasteiger partial charge < -0.3 is 20.5 Å². The summed E-state index contributed by atoms with van der Waals surface area (Å²) in [6.45, 7) is 3.38. The molecule has 1 unspecified atom stereocenters. The Balaban J connectivity index is 2.27. The minimum absolute atomic E-state index is 0.323. The molecule has 1 fully saturated rings. The summed E-state index contributed by atoms with van der Waals surface area (Å²) < 4.78 is 4.96. The highest BCUT2D eigenvalue weighted by molar-refractivity contribution is 5.98. The average molecular weight is 250 g/mol. The summed E-state index contributed by atoms with van der Waals surface area (Å²) in [4.78, 5) is 13.7. The van der Waals surface area contributed by atoms with Gasteiger partial charge in [0.1, 0.15) is 0 Å². The van der Waals surface area contributed by atoms with E-state index in [0.717, 1.165) is 18.7 Å². The predicted octanol–water partition coefficient (Wildman–Crippen LogP) is 1.02. The maximum atomic E-state index is 11.7. The van der Waals surface area contributed by atoms with E-state index in [1.54, 1.807) is 19.1 Å². The number of benzene rings is 1. The Morgan fingerprint density at radius 2 is 2.39 bits per heavy atom. The van der Waals surface area contributed by atoms with Crippen LogP contribution in [-0.2, 0) is 4.74 Å². The first kappa shape index (κ1) is 12.7. The van der Waals surface area contributed by atoms with Gasteiger partial charge in [-0.1, -0.05) is 6.07 Å². The summed E-state index contributed by atoms with van der Waals surface area (Å²) in [5, 5.41) is 9.54. The second kappa shape index (κ2) is 5.27. The van der Waals surface area contributed by atoms with Gasteiger partial charge in [0.25, 0.3) is 0 Å². The Morgan fingerprint density at radius 3 is 3.00 bits per heavy atom. The van der Waals surface area contributed by atoms with E-state index in [4.69, 9.17) is 10.5 Å². The molecule has 1 aliphatic heterocycles. The van der Waals surface area contributed by atoms with E-state index in [1.807, 2.05) is 11.0 Å². The fourth-order valence-corrected chi connectivity index (χ4v) is 2.18. The predicted molar refractivity (Wildman–Crippen MR) is 69.6 cm³/mol. The molecule has 2 rings (SSSR count). The standard InChI is InChI=1S/C13H18N2O3/c1-2-18-13(17)10-4-3-5-11(12(10)14)15-7-6-9(16)8-15/h3-5,9,16H,2,6-8,14H2,1H3. The van der Waals surface area contributed by atoms with Gasteiger partial charge in [-0.05, 0) is 25.5 Å². The van der Waals surface area contributed by atoms with Crippen LogP contribution in [0.25, 0.3) is 0 Å². The molecule has 1 aliphatic rings. The molecule has 0 spiro atoms. The summed E-state index contributed by atoms with van der Waals surface area (Å²) in [6, 6.07) is 5.29. The molecule has 1 heterocycles. The van der Waals surface area contributed by atoms with Crippen molar-refractivity contribution in [1.29, 1.82) is 0 Å². The fraction of sp³-hybridized carbons (Fsp3) is 0.462. The third-order valence-corrected chi connectivity index (χ3v) is 3.08. The molecule has 0 radical (unpaired) electrons. The zero-order valence-corrected chi connectivity index (χ0v) is 10.4. The van der Waals surface area contributed by atoms with Crippen LogP contribution < -0.4 is 10.6 Å². The molecule has 5 nitrogen and oxygen atoms in total. The lowest BCUT2D eigenvalue weighted by Crippen LogP contribution is -2.23. The molecule has 0 aromatic heterocycles. The second-order valence-electron chi connectivity index (χ2n) is 4.35. The molecule has 1 aromatic rings. The van der Waals surface area contributed by atoms with Gasteiger partial charge in [-0.2, -0.15) is 0 Å². The molecule has 0 saturated carbocycles. The van der Waals surface area contributed by atoms with Crippen molar-refractivity contribution in [2.75, 3.05) is 30.3 Å². The Kier molecular flexibility index (Phi) is 3.72. The summed E-state index contributed by atoms with van der Waals surface area (Å²) in [5.41, 5.74) is 7.61.